The van der Waals surface area contributed by atoms with Gasteiger partial charge in [-0.05, 0) is 13.3 Å². The molecule has 18 heavy (non-hydrogen) atoms. The number of aromatic nitrogens is 1. The first kappa shape index (κ1) is 13.9. The number of hydrogen-bond donors (Lipinski definition) is 1. The van der Waals surface area contributed by atoms with E-state index in [0.717, 1.165) is 0 Å². The Morgan fingerprint density at radius 1 is 1.67 bits per heavy atom. The second kappa shape index (κ2) is 6.51. The number of hydrogen-bond acceptors (Lipinski definition) is 6. The van der Waals surface area contributed by atoms with Crippen LogP contribution in [0.15, 0.2) is 12.3 Å². The molecule has 0 radical (unpaired) electrons. The predicted octanol–water partition coefficient (Wildman–Crippen LogP) is 1.07. The fraction of sp³-hybridized carbons (Fsp3) is 0.455. The maximum Gasteiger partial charge on any atom is 0.312 e. The Morgan fingerprint density at radius 2 is 2.39 bits per heavy atom. The third kappa shape index (κ3) is 3.15. The van der Waals surface area contributed by atoms with Crippen LogP contribution in [0.2, 0.25) is 0 Å². The fourth-order valence-electron chi connectivity index (χ4n) is 1.56. The Balaban J connectivity index is 3.13. The summed E-state index contributed by atoms with van der Waals surface area (Å²) in [6.07, 6.45) is 1.82. The largest absolute Gasteiger partial charge is 0.396 e. The number of nitro groups is 1. The summed E-state index contributed by atoms with van der Waals surface area (Å²) in [7, 11) is 0. The van der Waals surface area contributed by atoms with Crippen LogP contribution in [-0.4, -0.2) is 34.7 Å². The Labute approximate surface area is 104 Å². The molecule has 1 heterocycles. The van der Waals surface area contributed by atoms with Gasteiger partial charge in [0, 0.05) is 32.0 Å². The van der Waals surface area contributed by atoms with Crippen molar-refractivity contribution in [1.82, 2.24) is 4.98 Å². The standard InChI is InChI=1S/C11H14N4O3/c1-2-14(4-3-5-16)11-10(15(17)18)6-9(7-12)8-13-11/h6,8,16H,2-5H2,1H3. The van der Waals surface area contributed by atoms with Gasteiger partial charge in [0.25, 0.3) is 0 Å². The highest BCUT2D eigenvalue weighted by Crippen LogP contribution is 2.26. The summed E-state index contributed by atoms with van der Waals surface area (Å²) in [4.78, 5) is 16.1. The van der Waals surface area contributed by atoms with Crippen LogP contribution >= 0.6 is 0 Å². The zero-order valence-electron chi connectivity index (χ0n) is 10.0. The van der Waals surface area contributed by atoms with Crippen molar-refractivity contribution in [3.05, 3.63) is 27.9 Å². The summed E-state index contributed by atoms with van der Waals surface area (Å²) in [5, 5.41) is 28.5. The molecule has 0 spiro atoms. The van der Waals surface area contributed by atoms with Gasteiger partial charge in [0.05, 0.1) is 10.5 Å². The second-order valence-electron chi connectivity index (χ2n) is 3.59. The van der Waals surface area contributed by atoms with E-state index in [2.05, 4.69) is 4.98 Å². The molecule has 1 aromatic heterocycles. The highest BCUT2D eigenvalue weighted by Gasteiger charge is 2.20. The third-order valence-corrected chi connectivity index (χ3v) is 2.44. The minimum Gasteiger partial charge on any atom is -0.396 e. The van der Waals surface area contributed by atoms with Crippen LogP contribution in [0.3, 0.4) is 0 Å². The van der Waals surface area contributed by atoms with Crippen LogP contribution in [0.5, 0.6) is 0 Å². The minimum absolute atomic E-state index is 0.0145. The number of aliphatic hydroxyl groups excluding tert-OH is 1. The summed E-state index contributed by atoms with van der Waals surface area (Å²) >= 11 is 0. The van der Waals surface area contributed by atoms with Crippen molar-refractivity contribution in [3.63, 3.8) is 0 Å². The first-order valence-corrected chi connectivity index (χ1v) is 5.54. The van der Waals surface area contributed by atoms with E-state index in [0.29, 0.717) is 19.5 Å². The first-order valence-electron chi connectivity index (χ1n) is 5.54. The van der Waals surface area contributed by atoms with Crippen molar-refractivity contribution >= 4 is 11.5 Å². The maximum absolute atomic E-state index is 11.0. The van der Waals surface area contributed by atoms with E-state index >= 15 is 0 Å². The van der Waals surface area contributed by atoms with Crippen molar-refractivity contribution in [2.24, 2.45) is 0 Å². The summed E-state index contributed by atoms with van der Waals surface area (Å²) in [5.74, 6) is 0.231. The van der Waals surface area contributed by atoms with Crippen molar-refractivity contribution in [1.29, 1.82) is 5.26 Å². The van der Waals surface area contributed by atoms with Crippen molar-refractivity contribution in [2.75, 3.05) is 24.6 Å². The van der Waals surface area contributed by atoms with E-state index in [9.17, 15) is 10.1 Å². The lowest BCUT2D eigenvalue weighted by molar-refractivity contribution is -0.384. The summed E-state index contributed by atoms with van der Waals surface area (Å²) in [5.41, 5.74) is -0.0301. The quantitative estimate of drug-likeness (QED) is 0.598. The maximum atomic E-state index is 11.0. The van der Waals surface area contributed by atoms with E-state index in [-0.39, 0.29) is 23.7 Å². The Hall–Kier alpha value is -2.20. The molecule has 0 aromatic carbocycles. The predicted molar refractivity (Wildman–Crippen MR) is 65.2 cm³/mol. The average Bonchev–Trinajstić information content (AvgIpc) is 2.39. The molecule has 96 valence electrons. The number of aliphatic hydroxyl groups is 1. The summed E-state index contributed by atoms with van der Waals surface area (Å²) in [6, 6.07) is 3.04. The van der Waals surface area contributed by atoms with Gasteiger partial charge in [-0.1, -0.05) is 0 Å². The van der Waals surface area contributed by atoms with Gasteiger partial charge < -0.3 is 10.0 Å². The van der Waals surface area contributed by atoms with E-state index in [1.165, 1.54) is 12.3 Å². The van der Waals surface area contributed by atoms with Crippen LogP contribution in [0, 0.1) is 21.4 Å². The molecule has 1 N–H and O–H groups in total. The zero-order chi connectivity index (χ0) is 13.5. The van der Waals surface area contributed by atoms with Crippen LogP contribution in [0.4, 0.5) is 11.5 Å². The van der Waals surface area contributed by atoms with Crippen LogP contribution in [0.1, 0.15) is 18.9 Å². The van der Waals surface area contributed by atoms with Gasteiger partial charge >= 0.3 is 5.69 Å². The number of anilines is 1. The van der Waals surface area contributed by atoms with Crippen molar-refractivity contribution < 1.29 is 10.0 Å². The number of pyridine rings is 1. The van der Waals surface area contributed by atoms with E-state index in [1.54, 1.807) is 4.90 Å². The summed E-state index contributed by atoms with van der Waals surface area (Å²) in [6.45, 7) is 2.88. The molecular formula is C11H14N4O3. The molecule has 1 aromatic rings. The van der Waals surface area contributed by atoms with Crippen LogP contribution < -0.4 is 4.90 Å². The lowest BCUT2D eigenvalue weighted by Gasteiger charge is -2.20. The minimum atomic E-state index is -0.551. The van der Waals surface area contributed by atoms with Crippen LogP contribution in [0.25, 0.3) is 0 Å². The number of rotatable bonds is 6. The molecule has 0 atom stereocenters. The molecule has 0 aliphatic carbocycles. The van der Waals surface area contributed by atoms with Crippen LogP contribution in [-0.2, 0) is 0 Å². The lowest BCUT2D eigenvalue weighted by Crippen LogP contribution is -2.26. The third-order valence-electron chi connectivity index (χ3n) is 2.44. The number of nitrogens with zero attached hydrogens (tertiary/aromatic N) is 4. The lowest BCUT2D eigenvalue weighted by atomic mass is 10.2. The smallest absolute Gasteiger partial charge is 0.312 e. The molecule has 0 aliphatic rings. The Kier molecular flexibility index (Phi) is 5.02. The van der Waals surface area contributed by atoms with E-state index in [1.807, 2.05) is 13.0 Å². The number of nitriles is 1. The zero-order valence-corrected chi connectivity index (χ0v) is 10.0. The molecule has 7 nitrogen and oxygen atoms in total. The molecular weight excluding hydrogens is 236 g/mol. The van der Waals surface area contributed by atoms with Gasteiger partial charge in [0.1, 0.15) is 6.07 Å². The molecule has 0 fully saturated rings. The molecule has 7 heteroatoms. The van der Waals surface area contributed by atoms with E-state index in [4.69, 9.17) is 10.4 Å². The average molecular weight is 250 g/mol. The molecule has 0 aliphatic heterocycles. The highest BCUT2D eigenvalue weighted by atomic mass is 16.6. The normalized spacial score (nSPS) is 9.83. The van der Waals surface area contributed by atoms with Gasteiger partial charge in [-0.3, -0.25) is 10.1 Å². The Morgan fingerprint density at radius 3 is 2.89 bits per heavy atom. The molecule has 0 unspecified atom stereocenters. The Bertz CT molecular complexity index is 470. The van der Waals surface area contributed by atoms with Gasteiger partial charge in [0.15, 0.2) is 0 Å². The van der Waals surface area contributed by atoms with Gasteiger partial charge in [-0.2, -0.15) is 5.26 Å². The molecule has 0 amide bonds. The van der Waals surface area contributed by atoms with Gasteiger partial charge in [-0.15, -0.1) is 0 Å². The first-order chi connectivity index (χ1) is 8.63. The van der Waals surface area contributed by atoms with E-state index < -0.39 is 4.92 Å². The van der Waals surface area contributed by atoms with Gasteiger partial charge in [0.2, 0.25) is 5.82 Å². The van der Waals surface area contributed by atoms with Crippen molar-refractivity contribution in [3.8, 4) is 6.07 Å². The summed E-state index contributed by atoms with van der Waals surface area (Å²) < 4.78 is 0. The molecule has 0 saturated heterocycles. The molecule has 1 rings (SSSR count). The second-order valence-corrected chi connectivity index (χ2v) is 3.59. The SMILES string of the molecule is CCN(CCCO)c1ncc(C#N)cc1[N+](=O)[O-]. The monoisotopic (exact) mass is 250 g/mol. The molecule has 0 saturated carbocycles. The van der Waals surface area contributed by atoms with Crippen molar-refractivity contribution in [2.45, 2.75) is 13.3 Å². The highest BCUT2D eigenvalue weighted by molar-refractivity contribution is 5.59. The molecule has 0 bridgehead atoms. The topological polar surface area (TPSA) is 103 Å². The fourth-order valence-corrected chi connectivity index (χ4v) is 1.56. The van der Waals surface area contributed by atoms with Gasteiger partial charge in [-0.25, -0.2) is 4.98 Å².